The lowest BCUT2D eigenvalue weighted by molar-refractivity contribution is 0.156. The first-order chi connectivity index (χ1) is 12.5. The van der Waals surface area contributed by atoms with Gasteiger partial charge >= 0.3 is 0 Å². The molecule has 0 saturated carbocycles. The third-order valence-corrected chi connectivity index (χ3v) is 6.72. The maximum atomic E-state index is 12.5. The molecule has 142 valence electrons. The number of rotatable bonds is 8. The fourth-order valence-electron chi connectivity index (χ4n) is 3.53. The quantitative estimate of drug-likeness (QED) is 0.701. The third-order valence-electron chi connectivity index (χ3n) is 4.90. The molecule has 1 fully saturated rings. The molecule has 0 spiro atoms. The molecule has 0 N–H and O–H groups in total. The summed E-state index contributed by atoms with van der Waals surface area (Å²) in [4.78, 5) is 2.75. The predicted molar refractivity (Wildman–Crippen MR) is 101 cm³/mol. The van der Waals surface area contributed by atoms with E-state index in [1.165, 1.54) is 0 Å². The van der Waals surface area contributed by atoms with Crippen LogP contribution < -0.4 is 0 Å². The van der Waals surface area contributed by atoms with Gasteiger partial charge < -0.3 is 9.15 Å². The number of likely N-dealkylation sites (tertiary alicyclic amines) is 1. The van der Waals surface area contributed by atoms with Gasteiger partial charge in [-0.25, -0.2) is 8.42 Å². The maximum Gasteiger partial charge on any atom is 0.178 e. The minimum atomic E-state index is -3.22. The van der Waals surface area contributed by atoms with Gasteiger partial charge in [0.1, 0.15) is 18.1 Å². The van der Waals surface area contributed by atoms with Gasteiger partial charge in [0, 0.05) is 7.11 Å². The number of furan rings is 1. The SMILES string of the molecule is COCc1ccc(C2CCCN2CCCS(=O)(=O)c2ccc(C)cc2)o1. The highest BCUT2D eigenvalue weighted by Gasteiger charge is 2.28. The first-order valence-electron chi connectivity index (χ1n) is 9.10. The molecule has 3 rings (SSSR count). The number of hydrogen-bond acceptors (Lipinski definition) is 5. The van der Waals surface area contributed by atoms with Gasteiger partial charge in [0.05, 0.1) is 16.7 Å². The largest absolute Gasteiger partial charge is 0.462 e. The molecular formula is C20H27NO4S. The van der Waals surface area contributed by atoms with Crippen LogP contribution in [0.5, 0.6) is 0 Å². The Kier molecular flexibility index (Phi) is 6.16. The number of aryl methyl sites for hydroxylation is 1. The Labute approximate surface area is 155 Å². The molecule has 1 aromatic heterocycles. The smallest absolute Gasteiger partial charge is 0.178 e. The van der Waals surface area contributed by atoms with Crippen molar-refractivity contribution in [1.29, 1.82) is 0 Å². The molecule has 26 heavy (non-hydrogen) atoms. The lowest BCUT2D eigenvalue weighted by atomic mass is 10.1. The molecule has 0 bridgehead atoms. The maximum absolute atomic E-state index is 12.5. The highest BCUT2D eigenvalue weighted by molar-refractivity contribution is 7.91. The van der Waals surface area contributed by atoms with Crippen LogP contribution in [-0.4, -0.2) is 39.3 Å². The van der Waals surface area contributed by atoms with E-state index < -0.39 is 9.84 Å². The minimum Gasteiger partial charge on any atom is -0.462 e. The van der Waals surface area contributed by atoms with Crippen LogP contribution in [0.25, 0.3) is 0 Å². The highest BCUT2D eigenvalue weighted by atomic mass is 32.2. The van der Waals surface area contributed by atoms with Gasteiger partial charge in [-0.3, -0.25) is 4.90 Å². The Morgan fingerprint density at radius 1 is 1.19 bits per heavy atom. The molecule has 0 radical (unpaired) electrons. The van der Waals surface area contributed by atoms with E-state index >= 15 is 0 Å². The van der Waals surface area contributed by atoms with Gasteiger partial charge in [0.15, 0.2) is 9.84 Å². The van der Waals surface area contributed by atoms with Crippen LogP contribution in [0.2, 0.25) is 0 Å². The zero-order chi connectivity index (χ0) is 18.6. The van der Waals surface area contributed by atoms with Crippen LogP contribution >= 0.6 is 0 Å². The van der Waals surface area contributed by atoms with Gasteiger partial charge in [-0.15, -0.1) is 0 Å². The van der Waals surface area contributed by atoms with Crippen molar-refractivity contribution in [3.8, 4) is 0 Å². The molecule has 1 saturated heterocycles. The van der Waals surface area contributed by atoms with Crippen molar-refractivity contribution in [2.45, 2.75) is 43.7 Å². The highest BCUT2D eigenvalue weighted by Crippen LogP contribution is 2.33. The molecule has 1 aromatic carbocycles. The normalized spacial score (nSPS) is 18.5. The topological polar surface area (TPSA) is 59.8 Å². The fraction of sp³-hybridized carbons (Fsp3) is 0.500. The van der Waals surface area contributed by atoms with Crippen LogP contribution in [0, 0.1) is 6.92 Å². The Morgan fingerprint density at radius 3 is 2.69 bits per heavy atom. The van der Waals surface area contributed by atoms with E-state index in [2.05, 4.69) is 4.90 Å². The number of hydrogen-bond donors (Lipinski definition) is 0. The summed E-state index contributed by atoms with van der Waals surface area (Å²) in [5.74, 6) is 1.96. The molecule has 0 amide bonds. The van der Waals surface area contributed by atoms with Crippen LogP contribution in [0.1, 0.15) is 42.4 Å². The Hall–Kier alpha value is -1.63. The number of nitrogens with zero attached hydrogens (tertiary/aromatic N) is 1. The molecule has 1 atom stereocenters. The monoisotopic (exact) mass is 377 g/mol. The number of ether oxygens (including phenoxy) is 1. The van der Waals surface area contributed by atoms with E-state index in [1.807, 2.05) is 31.2 Å². The second-order valence-electron chi connectivity index (χ2n) is 6.92. The number of methoxy groups -OCH3 is 1. The van der Waals surface area contributed by atoms with Crippen molar-refractivity contribution in [1.82, 2.24) is 4.90 Å². The zero-order valence-electron chi connectivity index (χ0n) is 15.5. The van der Waals surface area contributed by atoms with E-state index in [4.69, 9.17) is 9.15 Å². The molecule has 2 heterocycles. The predicted octanol–water partition coefficient (Wildman–Crippen LogP) is 3.74. The summed E-state index contributed by atoms with van der Waals surface area (Å²) in [5, 5.41) is 0. The Bertz CT molecular complexity index is 811. The summed E-state index contributed by atoms with van der Waals surface area (Å²) in [7, 11) is -1.57. The van der Waals surface area contributed by atoms with Crippen LogP contribution in [0.4, 0.5) is 0 Å². The van der Waals surface area contributed by atoms with E-state index in [-0.39, 0.29) is 11.8 Å². The van der Waals surface area contributed by atoms with Crippen molar-refractivity contribution < 1.29 is 17.6 Å². The first-order valence-corrected chi connectivity index (χ1v) is 10.8. The molecule has 1 aliphatic heterocycles. The lowest BCUT2D eigenvalue weighted by Gasteiger charge is -2.22. The van der Waals surface area contributed by atoms with E-state index in [9.17, 15) is 8.42 Å². The van der Waals surface area contributed by atoms with Gasteiger partial charge in [-0.05, 0) is 63.5 Å². The Morgan fingerprint density at radius 2 is 1.96 bits per heavy atom. The van der Waals surface area contributed by atoms with Crippen molar-refractivity contribution in [2.24, 2.45) is 0 Å². The standard InChI is InChI=1S/C20H27NO4S/c1-16-6-9-18(10-7-16)26(22,23)14-4-13-21-12-3-5-19(21)20-11-8-17(25-20)15-24-2/h6-11,19H,3-5,12-15H2,1-2H3. The summed E-state index contributed by atoms with van der Waals surface area (Å²) in [5.41, 5.74) is 1.06. The average Bonchev–Trinajstić information content (AvgIpc) is 3.24. The van der Waals surface area contributed by atoms with Crippen molar-refractivity contribution >= 4 is 9.84 Å². The summed E-state index contributed by atoms with van der Waals surface area (Å²) >= 11 is 0. The van der Waals surface area contributed by atoms with Crippen molar-refractivity contribution in [3.05, 3.63) is 53.5 Å². The molecular weight excluding hydrogens is 350 g/mol. The lowest BCUT2D eigenvalue weighted by Crippen LogP contribution is -2.25. The molecule has 2 aromatic rings. The molecule has 5 nitrogen and oxygen atoms in total. The summed E-state index contributed by atoms with van der Waals surface area (Å²) in [6.45, 7) is 4.17. The number of sulfone groups is 1. The first kappa shape index (κ1) is 19.1. The molecule has 1 aliphatic rings. The number of benzene rings is 1. The zero-order valence-corrected chi connectivity index (χ0v) is 16.3. The van der Waals surface area contributed by atoms with E-state index in [1.54, 1.807) is 19.2 Å². The minimum absolute atomic E-state index is 0.173. The summed E-state index contributed by atoms with van der Waals surface area (Å²) < 4.78 is 36.0. The van der Waals surface area contributed by atoms with Crippen LogP contribution in [0.15, 0.2) is 45.7 Å². The van der Waals surface area contributed by atoms with Crippen LogP contribution in [0.3, 0.4) is 0 Å². The Balaban J connectivity index is 1.57. The summed E-state index contributed by atoms with van der Waals surface area (Å²) in [6, 6.07) is 11.3. The van der Waals surface area contributed by atoms with Gasteiger partial charge in [0.25, 0.3) is 0 Å². The second kappa shape index (κ2) is 8.37. The van der Waals surface area contributed by atoms with Crippen molar-refractivity contribution in [2.75, 3.05) is 26.0 Å². The van der Waals surface area contributed by atoms with Crippen LogP contribution in [-0.2, 0) is 21.2 Å². The fourth-order valence-corrected chi connectivity index (χ4v) is 4.83. The summed E-state index contributed by atoms with van der Waals surface area (Å²) in [6.07, 6.45) is 2.78. The molecule has 1 unspecified atom stereocenters. The third kappa shape index (κ3) is 4.55. The van der Waals surface area contributed by atoms with E-state index in [0.717, 1.165) is 43.0 Å². The van der Waals surface area contributed by atoms with Gasteiger partial charge in [0.2, 0.25) is 0 Å². The van der Waals surface area contributed by atoms with E-state index in [0.29, 0.717) is 17.9 Å². The van der Waals surface area contributed by atoms with Gasteiger partial charge in [-0.1, -0.05) is 17.7 Å². The second-order valence-corrected chi connectivity index (χ2v) is 9.03. The molecule has 6 heteroatoms. The van der Waals surface area contributed by atoms with Crippen molar-refractivity contribution in [3.63, 3.8) is 0 Å². The van der Waals surface area contributed by atoms with Gasteiger partial charge in [-0.2, -0.15) is 0 Å². The average molecular weight is 378 g/mol. The molecule has 0 aliphatic carbocycles.